The van der Waals surface area contributed by atoms with Gasteiger partial charge in [0.15, 0.2) is 12.4 Å². The molecule has 0 bridgehead atoms. The fraction of sp³-hybridized carbons (Fsp3) is 0.200. The van der Waals surface area contributed by atoms with Crippen LogP contribution in [0, 0.1) is 0 Å². The molecule has 28 heavy (non-hydrogen) atoms. The number of amides is 3. The van der Waals surface area contributed by atoms with Gasteiger partial charge < -0.3 is 21.1 Å². The van der Waals surface area contributed by atoms with Gasteiger partial charge in [-0.2, -0.15) is 0 Å². The zero-order valence-corrected chi connectivity index (χ0v) is 15.3. The Labute approximate surface area is 162 Å². The summed E-state index contributed by atoms with van der Waals surface area (Å²) in [6.07, 6.45) is 0.172. The number of primary amides is 1. The number of benzene rings is 2. The molecule has 146 valence electrons. The molecule has 0 aromatic heterocycles. The van der Waals surface area contributed by atoms with Gasteiger partial charge in [-0.3, -0.25) is 9.59 Å². The van der Waals surface area contributed by atoms with Crippen LogP contribution in [0.2, 0.25) is 0 Å². The Kier molecular flexibility index (Phi) is 7.27. The normalized spacial score (nSPS) is 11.2. The molecule has 0 unspecified atom stereocenters. The second-order valence-electron chi connectivity index (χ2n) is 6.04. The van der Waals surface area contributed by atoms with Gasteiger partial charge in [-0.1, -0.05) is 42.5 Å². The molecule has 3 amide bonds. The van der Waals surface area contributed by atoms with E-state index < -0.39 is 30.6 Å². The molecule has 2 rings (SSSR count). The van der Waals surface area contributed by atoms with E-state index in [2.05, 4.69) is 10.6 Å². The molecular formula is C20H21N3O5. The maximum Gasteiger partial charge on any atom is 0.329 e. The van der Waals surface area contributed by atoms with Crippen LogP contribution in [0.4, 0.5) is 10.5 Å². The Morgan fingerprint density at radius 1 is 1.04 bits per heavy atom. The van der Waals surface area contributed by atoms with Gasteiger partial charge in [0, 0.05) is 17.7 Å². The second-order valence-corrected chi connectivity index (χ2v) is 6.04. The highest BCUT2D eigenvalue weighted by Gasteiger charge is 2.22. The molecule has 0 heterocycles. The summed E-state index contributed by atoms with van der Waals surface area (Å²) < 4.78 is 5.00. The second kappa shape index (κ2) is 9.86. The van der Waals surface area contributed by atoms with Crippen molar-refractivity contribution in [2.24, 2.45) is 5.73 Å². The van der Waals surface area contributed by atoms with Crippen molar-refractivity contribution in [2.75, 3.05) is 11.9 Å². The molecule has 0 fully saturated rings. The number of nitrogens with two attached hydrogens (primary N) is 1. The summed E-state index contributed by atoms with van der Waals surface area (Å²) in [5.74, 6) is -1.49. The van der Waals surface area contributed by atoms with Gasteiger partial charge in [-0.25, -0.2) is 9.59 Å². The van der Waals surface area contributed by atoms with Gasteiger partial charge in [-0.15, -0.1) is 0 Å². The summed E-state index contributed by atoms with van der Waals surface area (Å²) >= 11 is 0. The largest absolute Gasteiger partial charge is 0.454 e. The Morgan fingerprint density at radius 3 is 2.39 bits per heavy atom. The Morgan fingerprint density at radius 2 is 1.75 bits per heavy atom. The molecule has 0 aliphatic heterocycles. The molecule has 2 aromatic carbocycles. The minimum atomic E-state index is -1.02. The van der Waals surface area contributed by atoms with E-state index in [0.29, 0.717) is 11.3 Å². The molecule has 0 saturated carbocycles. The summed E-state index contributed by atoms with van der Waals surface area (Å²) in [4.78, 5) is 46.8. The highest BCUT2D eigenvalue weighted by molar-refractivity contribution is 5.97. The number of esters is 1. The van der Waals surface area contributed by atoms with Crippen LogP contribution < -0.4 is 16.4 Å². The van der Waals surface area contributed by atoms with Crippen LogP contribution in [0.5, 0.6) is 0 Å². The van der Waals surface area contributed by atoms with Gasteiger partial charge in [-0.05, 0) is 24.6 Å². The topological polar surface area (TPSA) is 128 Å². The van der Waals surface area contributed by atoms with Crippen molar-refractivity contribution >= 4 is 29.4 Å². The molecule has 4 N–H and O–H groups in total. The molecule has 8 heteroatoms. The number of anilines is 1. The molecule has 8 nitrogen and oxygen atoms in total. The van der Waals surface area contributed by atoms with Crippen LogP contribution in [-0.2, 0) is 20.7 Å². The van der Waals surface area contributed by atoms with Crippen molar-refractivity contribution in [3.05, 3.63) is 65.7 Å². The lowest BCUT2D eigenvalue weighted by Crippen LogP contribution is -2.46. The first-order valence-corrected chi connectivity index (χ1v) is 8.52. The number of hydrogen-bond acceptors (Lipinski definition) is 5. The van der Waals surface area contributed by atoms with Crippen molar-refractivity contribution in [1.82, 2.24) is 5.32 Å². The van der Waals surface area contributed by atoms with Crippen molar-refractivity contribution in [1.29, 1.82) is 0 Å². The molecule has 0 aliphatic rings. The third kappa shape index (κ3) is 6.56. The lowest BCUT2D eigenvalue weighted by molar-refractivity contribution is -0.149. The van der Waals surface area contributed by atoms with Crippen LogP contribution in [0.15, 0.2) is 54.6 Å². The van der Waals surface area contributed by atoms with E-state index in [4.69, 9.17) is 10.5 Å². The lowest BCUT2D eigenvalue weighted by atomic mass is 10.1. The molecule has 0 aliphatic carbocycles. The predicted molar refractivity (Wildman–Crippen MR) is 103 cm³/mol. The lowest BCUT2D eigenvalue weighted by Gasteiger charge is -2.16. The van der Waals surface area contributed by atoms with Crippen molar-refractivity contribution in [2.45, 2.75) is 19.4 Å². The number of nitrogens with one attached hydrogen (secondary N) is 2. The number of rotatable bonds is 8. The van der Waals surface area contributed by atoms with Crippen molar-refractivity contribution in [3.8, 4) is 0 Å². The van der Waals surface area contributed by atoms with E-state index in [1.807, 2.05) is 6.07 Å². The van der Waals surface area contributed by atoms with E-state index in [1.54, 1.807) is 42.5 Å². The van der Waals surface area contributed by atoms with E-state index in [-0.39, 0.29) is 12.2 Å². The Hall–Kier alpha value is -3.68. The smallest absolute Gasteiger partial charge is 0.329 e. The summed E-state index contributed by atoms with van der Waals surface area (Å²) in [5.41, 5.74) is 6.77. The molecule has 2 aromatic rings. The fourth-order valence-electron chi connectivity index (χ4n) is 2.47. The third-order valence-electron chi connectivity index (χ3n) is 3.78. The fourth-order valence-corrected chi connectivity index (χ4v) is 2.47. The highest BCUT2D eigenvalue weighted by atomic mass is 16.5. The summed E-state index contributed by atoms with van der Waals surface area (Å²) in [7, 11) is 0. The summed E-state index contributed by atoms with van der Waals surface area (Å²) in [6, 6.07) is 13.5. The molecule has 0 spiro atoms. The average Bonchev–Trinajstić information content (AvgIpc) is 2.66. The first-order valence-electron chi connectivity index (χ1n) is 8.52. The Balaban J connectivity index is 1.93. The highest BCUT2D eigenvalue weighted by Crippen LogP contribution is 2.11. The van der Waals surface area contributed by atoms with Crippen LogP contribution >= 0.6 is 0 Å². The summed E-state index contributed by atoms with van der Waals surface area (Å²) in [6.45, 7) is 0.871. The van der Waals surface area contributed by atoms with Crippen LogP contribution in [0.3, 0.4) is 0 Å². The maximum atomic E-state index is 12.3. The van der Waals surface area contributed by atoms with Crippen molar-refractivity contribution < 1.29 is 23.9 Å². The van der Waals surface area contributed by atoms with E-state index in [1.165, 1.54) is 13.0 Å². The number of ether oxygens (including phenoxy) is 1. The number of Topliss-reactive ketones (excluding diaryl/α,β-unsaturated/α-hetero) is 1. The molecule has 0 radical (unpaired) electrons. The average molecular weight is 383 g/mol. The van der Waals surface area contributed by atoms with Gasteiger partial charge >= 0.3 is 12.0 Å². The number of carbonyl (C=O) groups is 4. The Bertz CT molecular complexity index is 867. The maximum absolute atomic E-state index is 12.3. The van der Waals surface area contributed by atoms with Gasteiger partial charge in [0.05, 0.1) is 0 Å². The first kappa shape index (κ1) is 20.6. The van der Waals surface area contributed by atoms with Crippen LogP contribution in [-0.4, -0.2) is 36.3 Å². The molecule has 0 saturated heterocycles. The SMILES string of the molecule is CC(=O)c1cccc(NC(=O)COC(=O)[C@H](Cc2ccccc2)NC(N)=O)c1. The molecular weight excluding hydrogens is 362 g/mol. The number of carbonyl (C=O) groups excluding carboxylic acids is 4. The van der Waals surface area contributed by atoms with Crippen LogP contribution in [0.25, 0.3) is 0 Å². The summed E-state index contributed by atoms with van der Waals surface area (Å²) in [5, 5.41) is 4.86. The number of ketones is 1. The molecule has 1 atom stereocenters. The zero-order chi connectivity index (χ0) is 20.5. The zero-order valence-electron chi connectivity index (χ0n) is 15.3. The van der Waals surface area contributed by atoms with Gasteiger partial charge in [0.2, 0.25) is 0 Å². The number of hydrogen-bond donors (Lipinski definition) is 3. The van der Waals surface area contributed by atoms with E-state index in [0.717, 1.165) is 5.56 Å². The van der Waals surface area contributed by atoms with E-state index in [9.17, 15) is 19.2 Å². The first-order chi connectivity index (χ1) is 13.3. The van der Waals surface area contributed by atoms with Crippen molar-refractivity contribution in [3.63, 3.8) is 0 Å². The van der Waals surface area contributed by atoms with Crippen LogP contribution in [0.1, 0.15) is 22.8 Å². The standard InChI is InChI=1S/C20H21N3O5/c1-13(24)15-8-5-9-16(11-15)22-18(25)12-28-19(26)17(23-20(21)27)10-14-6-3-2-4-7-14/h2-9,11,17H,10,12H2,1H3,(H,22,25)(H3,21,23,27)/t17-/m0/s1. The minimum absolute atomic E-state index is 0.135. The third-order valence-corrected chi connectivity index (χ3v) is 3.78. The number of urea groups is 1. The monoisotopic (exact) mass is 383 g/mol. The predicted octanol–water partition coefficient (Wildman–Crippen LogP) is 1.65. The minimum Gasteiger partial charge on any atom is -0.454 e. The van der Waals surface area contributed by atoms with Gasteiger partial charge in [0.25, 0.3) is 5.91 Å². The van der Waals surface area contributed by atoms with E-state index >= 15 is 0 Å². The van der Waals surface area contributed by atoms with Gasteiger partial charge in [0.1, 0.15) is 6.04 Å². The quantitative estimate of drug-likeness (QED) is 0.472.